The smallest absolute Gasteiger partial charge is 0.423 e. The van der Waals surface area contributed by atoms with Crippen LogP contribution in [0.2, 0.25) is 0 Å². The molecule has 70 valence electrons. The van der Waals surface area contributed by atoms with Crippen molar-refractivity contribution in [3.8, 4) is 0 Å². The number of rotatable bonds is 1. The van der Waals surface area contributed by atoms with Gasteiger partial charge in [-0.3, -0.25) is 0 Å². The molecule has 0 saturated heterocycles. The molecule has 2 nitrogen and oxygen atoms in total. The Kier molecular flexibility index (Phi) is 2.63. The van der Waals surface area contributed by atoms with Crippen molar-refractivity contribution in [2.45, 2.75) is 6.92 Å². The summed E-state index contributed by atoms with van der Waals surface area (Å²) >= 11 is 0. The Balaban J connectivity index is 3.41. The molecule has 0 heterocycles. The summed E-state index contributed by atoms with van der Waals surface area (Å²) in [5.41, 5.74) is -0.690. The maximum absolute atomic E-state index is 12.8. The first-order chi connectivity index (χ1) is 5.95. The highest BCUT2D eigenvalue weighted by Gasteiger charge is 2.22. The zero-order valence-electron chi connectivity index (χ0n) is 6.68. The topological polar surface area (TPSA) is 40.5 Å². The fourth-order valence-electron chi connectivity index (χ4n) is 0.973. The summed E-state index contributed by atoms with van der Waals surface area (Å²) < 4.78 is 37.8. The standard InChI is InChI=1S/C7H6BF3O2/c1-3-4(8(12)13)2-5(9)7(11)6(3)10/h2,12-13H,1H3. The van der Waals surface area contributed by atoms with E-state index in [0.717, 1.165) is 6.92 Å². The second-order valence-electron chi connectivity index (χ2n) is 2.57. The Morgan fingerprint density at radius 2 is 1.69 bits per heavy atom. The molecule has 0 aromatic heterocycles. The van der Waals surface area contributed by atoms with Crippen molar-refractivity contribution >= 4 is 12.6 Å². The second-order valence-corrected chi connectivity index (χ2v) is 2.57. The minimum Gasteiger partial charge on any atom is -0.423 e. The van der Waals surface area contributed by atoms with Crippen molar-refractivity contribution in [3.05, 3.63) is 29.1 Å². The van der Waals surface area contributed by atoms with E-state index in [4.69, 9.17) is 10.0 Å². The molecule has 1 aromatic carbocycles. The molecule has 0 aliphatic heterocycles. The van der Waals surface area contributed by atoms with Crippen molar-refractivity contribution in [3.63, 3.8) is 0 Å². The van der Waals surface area contributed by atoms with Gasteiger partial charge in [0.25, 0.3) is 0 Å². The van der Waals surface area contributed by atoms with Crippen molar-refractivity contribution in [1.29, 1.82) is 0 Å². The van der Waals surface area contributed by atoms with Gasteiger partial charge in [0, 0.05) is 0 Å². The Morgan fingerprint density at radius 1 is 1.15 bits per heavy atom. The first-order valence-corrected chi connectivity index (χ1v) is 3.45. The molecule has 0 spiro atoms. The molecule has 0 fully saturated rings. The van der Waals surface area contributed by atoms with E-state index < -0.39 is 24.6 Å². The number of hydrogen-bond acceptors (Lipinski definition) is 2. The van der Waals surface area contributed by atoms with Gasteiger partial charge in [-0.2, -0.15) is 0 Å². The largest absolute Gasteiger partial charge is 0.488 e. The van der Waals surface area contributed by atoms with E-state index in [0.29, 0.717) is 6.07 Å². The van der Waals surface area contributed by atoms with Crippen LogP contribution in [0.1, 0.15) is 5.56 Å². The molecule has 0 atom stereocenters. The zero-order chi connectivity index (χ0) is 10.2. The molecule has 1 aromatic rings. The van der Waals surface area contributed by atoms with E-state index in [2.05, 4.69) is 0 Å². The van der Waals surface area contributed by atoms with Crippen LogP contribution in [0.4, 0.5) is 13.2 Å². The van der Waals surface area contributed by atoms with Gasteiger partial charge >= 0.3 is 7.12 Å². The predicted molar refractivity (Wildman–Crippen MR) is 40.9 cm³/mol. The fraction of sp³-hybridized carbons (Fsp3) is 0.143. The van der Waals surface area contributed by atoms with Crippen LogP contribution in [0.3, 0.4) is 0 Å². The molecule has 0 unspecified atom stereocenters. The van der Waals surface area contributed by atoms with Crippen LogP contribution >= 0.6 is 0 Å². The first-order valence-electron chi connectivity index (χ1n) is 3.45. The lowest BCUT2D eigenvalue weighted by molar-refractivity contribution is 0.419. The van der Waals surface area contributed by atoms with Crippen molar-refractivity contribution in [1.82, 2.24) is 0 Å². The van der Waals surface area contributed by atoms with Crippen LogP contribution in [0.5, 0.6) is 0 Å². The van der Waals surface area contributed by atoms with Gasteiger partial charge < -0.3 is 10.0 Å². The highest BCUT2D eigenvalue weighted by Crippen LogP contribution is 2.12. The molecule has 0 aliphatic carbocycles. The lowest BCUT2D eigenvalue weighted by Gasteiger charge is -2.06. The molecule has 0 bridgehead atoms. The van der Waals surface area contributed by atoms with Crippen LogP contribution < -0.4 is 5.46 Å². The van der Waals surface area contributed by atoms with E-state index in [1.165, 1.54) is 0 Å². The summed E-state index contributed by atoms with van der Waals surface area (Å²) in [6, 6.07) is 0.554. The lowest BCUT2D eigenvalue weighted by Crippen LogP contribution is -2.33. The summed E-state index contributed by atoms with van der Waals surface area (Å²) in [7, 11) is -2.01. The molecule has 2 N–H and O–H groups in total. The normalized spacial score (nSPS) is 10.3. The van der Waals surface area contributed by atoms with Crippen LogP contribution in [0, 0.1) is 24.4 Å². The summed E-state index contributed by atoms with van der Waals surface area (Å²) in [5, 5.41) is 17.3. The summed E-state index contributed by atoms with van der Waals surface area (Å²) in [4.78, 5) is 0. The maximum Gasteiger partial charge on any atom is 0.488 e. The van der Waals surface area contributed by atoms with Gasteiger partial charge in [-0.15, -0.1) is 0 Å². The van der Waals surface area contributed by atoms with E-state index in [9.17, 15) is 13.2 Å². The van der Waals surface area contributed by atoms with E-state index in [1.54, 1.807) is 0 Å². The average molecular weight is 190 g/mol. The second kappa shape index (κ2) is 3.39. The minimum absolute atomic E-state index is 0.311. The van der Waals surface area contributed by atoms with Gasteiger partial charge in [-0.05, 0) is 24.0 Å². The fourth-order valence-corrected chi connectivity index (χ4v) is 0.973. The first kappa shape index (κ1) is 10.1. The molecule has 13 heavy (non-hydrogen) atoms. The quantitative estimate of drug-likeness (QED) is 0.486. The molecule has 0 aliphatic rings. The summed E-state index contributed by atoms with van der Waals surface area (Å²) in [6.45, 7) is 1.13. The third-order valence-electron chi connectivity index (χ3n) is 1.73. The predicted octanol–water partition coefficient (Wildman–Crippen LogP) is 0.0921. The average Bonchev–Trinajstić information content (AvgIpc) is 2.07. The number of halogens is 3. The van der Waals surface area contributed by atoms with Gasteiger partial charge in [0.15, 0.2) is 17.5 Å². The third kappa shape index (κ3) is 1.68. The number of hydrogen-bond donors (Lipinski definition) is 2. The minimum atomic E-state index is -2.01. The third-order valence-corrected chi connectivity index (χ3v) is 1.73. The van der Waals surface area contributed by atoms with Gasteiger partial charge in [-0.1, -0.05) is 0 Å². The van der Waals surface area contributed by atoms with Gasteiger partial charge in [-0.25, -0.2) is 13.2 Å². The highest BCUT2D eigenvalue weighted by molar-refractivity contribution is 6.59. The van der Waals surface area contributed by atoms with Crippen LogP contribution in [0.25, 0.3) is 0 Å². The number of benzene rings is 1. The lowest BCUT2D eigenvalue weighted by atomic mass is 9.77. The Hall–Kier alpha value is -1.01. The molecule has 0 saturated carbocycles. The van der Waals surface area contributed by atoms with Gasteiger partial charge in [0.2, 0.25) is 0 Å². The maximum atomic E-state index is 12.8. The van der Waals surface area contributed by atoms with Crippen LogP contribution in [0.15, 0.2) is 6.07 Å². The van der Waals surface area contributed by atoms with E-state index in [-0.39, 0.29) is 11.0 Å². The van der Waals surface area contributed by atoms with E-state index >= 15 is 0 Å². The van der Waals surface area contributed by atoms with Crippen LogP contribution in [-0.2, 0) is 0 Å². The summed E-state index contributed by atoms with van der Waals surface area (Å²) in [6.07, 6.45) is 0. The van der Waals surface area contributed by atoms with Crippen molar-refractivity contribution in [2.24, 2.45) is 0 Å². The Bertz CT molecular complexity index is 341. The molecular formula is C7H6BF3O2. The molecule has 0 radical (unpaired) electrons. The van der Waals surface area contributed by atoms with Gasteiger partial charge in [0.1, 0.15) is 0 Å². The van der Waals surface area contributed by atoms with E-state index in [1.807, 2.05) is 0 Å². The monoisotopic (exact) mass is 190 g/mol. The van der Waals surface area contributed by atoms with Crippen molar-refractivity contribution < 1.29 is 23.2 Å². The Morgan fingerprint density at radius 3 is 2.15 bits per heavy atom. The zero-order valence-corrected chi connectivity index (χ0v) is 6.68. The molecule has 6 heteroatoms. The SMILES string of the molecule is Cc1c(B(O)O)cc(F)c(F)c1F. The van der Waals surface area contributed by atoms with Crippen molar-refractivity contribution in [2.75, 3.05) is 0 Å². The Labute approximate surface area is 72.8 Å². The summed E-state index contributed by atoms with van der Waals surface area (Å²) in [5.74, 6) is -4.45. The molecular weight excluding hydrogens is 184 g/mol. The van der Waals surface area contributed by atoms with Gasteiger partial charge in [0.05, 0.1) is 0 Å². The molecule has 0 amide bonds. The van der Waals surface area contributed by atoms with Crippen LogP contribution in [-0.4, -0.2) is 17.2 Å². The molecule has 1 rings (SSSR count). The highest BCUT2D eigenvalue weighted by atomic mass is 19.2.